The van der Waals surface area contributed by atoms with Gasteiger partial charge in [-0.3, -0.25) is 0 Å². The minimum atomic E-state index is -1.07. The minimum Gasteiger partial charge on any atom is -0.490 e. The van der Waals surface area contributed by atoms with E-state index in [2.05, 4.69) is 6.58 Å². The fourth-order valence-corrected chi connectivity index (χ4v) is 4.69. The minimum absolute atomic E-state index is 0.207. The fourth-order valence-electron chi connectivity index (χ4n) is 4.69. The van der Waals surface area contributed by atoms with Gasteiger partial charge in [-0.25, -0.2) is 4.79 Å². The second-order valence-corrected chi connectivity index (χ2v) is 8.00. The third-order valence-corrected chi connectivity index (χ3v) is 6.12. The van der Waals surface area contributed by atoms with Crippen LogP contribution in [0.4, 0.5) is 0 Å². The van der Waals surface area contributed by atoms with Crippen LogP contribution in [0.1, 0.15) is 29.0 Å². The van der Waals surface area contributed by atoms with Crippen LogP contribution in [0, 0.1) is 0 Å². The fraction of sp³-hybridized carbons (Fsp3) is 0.148. The molecule has 0 spiro atoms. The van der Waals surface area contributed by atoms with E-state index in [1.54, 1.807) is 12.1 Å². The maximum atomic E-state index is 13.1. The molecule has 4 aromatic rings. The predicted octanol–water partition coefficient (Wildman–Crippen LogP) is 5.52. The number of rotatable bonds is 4. The second kappa shape index (κ2) is 7.02. The first kappa shape index (κ1) is 18.8. The van der Waals surface area contributed by atoms with Gasteiger partial charge < -0.3 is 18.6 Å². The van der Waals surface area contributed by atoms with Crippen molar-refractivity contribution >= 4 is 11.0 Å². The quantitative estimate of drug-likeness (QED) is 0.319. The summed E-state index contributed by atoms with van der Waals surface area (Å²) in [6.45, 7) is 4.12. The number of hydrogen-bond acceptors (Lipinski definition) is 5. The standard InChI is InChI=1S/C27H20O5/c1-2-15-29-18-13-11-17(12-14-18)27-16-21(19-7-3-6-10-23(19)31-27)24-25(32-27)20-8-4-5-9-22(20)30-26(24)28/h2-14,21H,1,15-16H2. The molecule has 0 saturated heterocycles. The Balaban J connectivity index is 1.57. The van der Waals surface area contributed by atoms with Crippen molar-refractivity contribution < 1.29 is 18.6 Å². The van der Waals surface area contributed by atoms with Crippen molar-refractivity contribution in [2.24, 2.45) is 0 Å². The van der Waals surface area contributed by atoms with Gasteiger partial charge >= 0.3 is 5.63 Å². The second-order valence-electron chi connectivity index (χ2n) is 8.00. The molecule has 0 amide bonds. The SMILES string of the molecule is C=CCOc1ccc(C23CC(c4ccccc4O2)c2c(c4ccccc4oc2=O)O3)cc1. The van der Waals surface area contributed by atoms with E-state index in [0.29, 0.717) is 35.7 Å². The smallest absolute Gasteiger partial charge is 0.343 e. The highest BCUT2D eigenvalue weighted by Crippen LogP contribution is 2.55. The normalized spacial score (nSPS) is 20.4. The average molecular weight is 424 g/mol. The monoisotopic (exact) mass is 424 g/mol. The number of benzene rings is 3. The molecule has 2 unspecified atom stereocenters. The number of fused-ring (bicyclic) bond motifs is 8. The summed E-state index contributed by atoms with van der Waals surface area (Å²) in [6, 6.07) is 22.9. The van der Waals surface area contributed by atoms with Crippen LogP contribution in [-0.4, -0.2) is 6.61 Å². The summed E-state index contributed by atoms with van der Waals surface area (Å²) >= 11 is 0. The van der Waals surface area contributed by atoms with E-state index in [1.165, 1.54) is 0 Å². The van der Waals surface area contributed by atoms with Gasteiger partial charge in [0, 0.05) is 23.5 Å². The molecular formula is C27H20O5. The molecule has 158 valence electrons. The first-order chi connectivity index (χ1) is 15.7. The van der Waals surface area contributed by atoms with Gasteiger partial charge in [0.2, 0.25) is 0 Å². The largest absolute Gasteiger partial charge is 0.490 e. The molecule has 2 atom stereocenters. The van der Waals surface area contributed by atoms with Crippen molar-refractivity contribution in [2.75, 3.05) is 6.61 Å². The van der Waals surface area contributed by atoms with Crippen LogP contribution < -0.4 is 19.8 Å². The molecule has 0 fully saturated rings. The van der Waals surface area contributed by atoms with Crippen molar-refractivity contribution in [3.8, 4) is 17.2 Å². The third-order valence-electron chi connectivity index (χ3n) is 6.12. The molecule has 5 heteroatoms. The molecule has 32 heavy (non-hydrogen) atoms. The molecule has 5 nitrogen and oxygen atoms in total. The van der Waals surface area contributed by atoms with E-state index in [9.17, 15) is 4.79 Å². The molecule has 0 N–H and O–H groups in total. The zero-order chi connectivity index (χ0) is 21.7. The van der Waals surface area contributed by atoms with E-state index in [0.717, 1.165) is 22.3 Å². The van der Waals surface area contributed by atoms with E-state index in [4.69, 9.17) is 18.6 Å². The summed E-state index contributed by atoms with van der Waals surface area (Å²) in [4.78, 5) is 13.1. The summed E-state index contributed by atoms with van der Waals surface area (Å²) in [5.41, 5.74) is 2.48. The Morgan fingerprint density at radius 1 is 1.00 bits per heavy atom. The summed E-state index contributed by atoms with van der Waals surface area (Å²) < 4.78 is 24.4. The van der Waals surface area contributed by atoms with Crippen LogP contribution in [0.3, 0.4) is 0 Å². The van der Waals surface area contributed by atoms with Crippen molar-refractivity contribution in [1.82, 2.24) is 0 Å². The summed E-state index contributed by atoms with van der Waals surface area (Å²) in [5, 5.41) is 0.755. The van der Waals surface area contributed by atoms with Crippen LogP contribution in [-0.2, 0) is 5.79 Å². The Bertz CT molecular complexity index is 1400. The molecule has 6 rings (SSSR count). The molecule has 0 saturated carbocycles. The van der Waals surface area contributed by atoms with Gasteiger partial charge in [0.1, 0.15) is 29.4 Å². The van der Waals surface area contributed by atoms with Gasteiger partial charge in [-0.2, -0.15) is 0 Å². The predicted molar refractivity (Wildman–Crippen MR) is 120 cm³/mol. The highest BCUT2D eigenvalue weighted by molar-refractivity contribution is 5.85. The Morgan fingerprint density at radius 3 is 2.62 bits per heavy atom. The maximum absolute atomic E-state index is 13.1. The van der Waals surface area contributed by atoms with Crippen molar-refractivity contribution in [2.45, 2.75) is 18.1 Å². The van der Waals surface area contributed by atoms with Crippen LogP contribution >= 0.6 is 0 Å². The van der Waals surface area contributed by atoms with Crippen LogP contribution in [0.15, 0.2) is 94.7 Å². The lowest BCUT2D eigenvalue weighted by atomic mass is 9.78. The highest BCUT2D eigenvalue weighted by Gasteiger charge is 2.51. The molecule has 2 aliphatic rings. The summed E-state index contributed by atoms with van der Waals surface area (Å²) in [6.07, 6.45) is 2.17. The number of hydrogen-bond donors (Lipinski definition) is 0. The van der Waals surface area contributed by atoms with Gasteiger partial charge in [0.25, 0.3) is 5.79 Å². The van der Waals surface area contributed by atoms with Gasteiger partial charge in [0.15, 0.2) is 0 Å². The third kappa shape index (κ3) is 2.74. The maximum Gasteiger partial charge on any atom is 0.343 e. The molecule has 3 aromatic carbocycles. The van der Waals surface area contributed by atoms with Crippen molar-refractivity contribution in [1.29, 1.82) is 0 Å². The van der Waals surface area contributed by atoms with Gasteiger partial charge in [0.05, 0.1) is 10.9 Å². The summed E-state index contributed by atoms with van der Waals surface area (Å²) in [7, 11) is 0. The first-order valence-corrected chi connectivity index (χ1v) is 10.6. The van der Waals surface area contributed by atoms with Gasteiger partial charge in [-0.15, -0.1) is 0 Å². The Kier molecular flexibility index (Phi) is 4.12. The van der Waals surface area contributed by atoms with Gasteiger partial charge in [-0.1, -0.05) is 43.0 Å². The molecule has 0 radical (unpaired) electrons. The zero-order valence-corrected chi connectivity index (χ0v) is 17.2. The van der Waals surface area contributed by atoms with E-state index in [1.807, 2.05) is 66.7 Å². The molecule has 2 aliphatic heterocycles. The van der Waals surface area contributed by atoms with Gasteiger partial charge in [-0.05, 0) is 42.5 Å². The molecule has 0 aliphatic carbocycles. The Morgan fingerprint density at radius 2 is 1.78 bits per heavy atom. The van der Waals surface area contributed by atoms with Crippen LogP contribution in [0.25, 0.3) is 11.0 Å². The van der Waals surface area contributed by atoms with Crippen LogP contribution in [0.2, 0.25) is 0 Å². The van der Waals surface area contributed by atoms with E-state index >= 15 is 0 Å². The highest BCUT2D eigenvalue weighted by atomic mass is 16.7. The topological polar surface area (TPSA) is 57.9 Å². The lowest BCUT2D eigenvalue weighted by Gasteiger charge is -2.46. The Hall–Kier alpha value is -3.99. The molecular weight excluding hydrogens is 404 g/mol. The van der Waals surface area contributed by atoms with Crippen LogP contribution in [0.5, 0.6) is 17.2 Å². The van der Waals surface area contributed by atoms with E-state index in [-0.39, 0.29) is 11.5 Å². The zero-order valence-electron chi connectivity index (χ0n) is 17.2. The van der Waals surface area contributed by atoms with Crippen molar-refractivity contribution in [3.05, 3.63) is 113 Å². The van der Waals surface area contributed by atoms with Crippen molar-refractivity contribution in [3.63, 3.8) is 0 Å². The molecule has 3 heterocycles. The lowest BCUT2D eigenvalue weighted by Crippen LogP contribution is -2.48. The number of ether oxygens (including phenoxy) is 3. The lowest BCUT2D eigenvalue weighted by molar-refractivity contribution is -0.148. The average Bonchev–Trinajstić information content (AvgIpc) is 2.83. The Labute approximate surface area is 184 Å². The number of para-hydroxylation sites is 2. The molecule has 1 aromatic heterocycles. The summed E-state index contributed by atoms with van der Waals surface area (Å²) in [5.74, 6) is 0.685. The molecule has 2 bridgehead atoms. The first-order valence-electron chi connectivity index (χ1n) is 10.6. The van der Waals surface area contributed by atoms with E-state index < -0.39 is 5.79 Å².